The summed E-state index contributed by atoms with van der Waals surface area (Å²) in [6.45, 7) is 0. The molecule has 0 spiro atoms. The van der Waals surface area contributed by atoms with Crippen LogP contribution in [0.5, 0.6) is 0 Å². The number of aromatic amines is 1. The van der Waals surface area contributed by atoms with Crippen molar-refractivity contribution in [1.82, 2.24) is 9.97 Å². The molecule has 0 amide bonds. The van der Waals surface area contributed by atoms with Crippen LogP contribution in [-0.4, -0.2) is 21.5 Å². The van der Waals surface area contributed by atoms with E-state index in [-0.39, 0.29) is 11.5 Å². The van der Waals surface area contributed by atoms with Gasteiger partial charge in [0.05, 0.1) is 22.0 Å². The van der Waals surface area contributed by atoms with E-state index in [4.69, 9.17) is 0 Å². The van der Waals surface area contributed by atoms with Gasteiger partial charge in [-0.05, 0) is 24.3 Å². The number of hydrogen-bond donors (Lipinski definition) is 1. The second-order valence-electron chi connectivity index (χ2n) is 3.68. The Morgan fingerprint density at radius 3 is 2.63 bits per heavy atom. The van der Waals surface area contributed by atoms with Gasteiger partial charge in [0.15, 0.2) is 5.78 Å². The molecule has 0 aliphatic heterocycles. The van der Waals surface area contributed by atoms with Gasteiger partial charge in [0.1, 0.15) is 0 Å². The van der Waals surface area contributed by atoms with E-state index in [0.717, 1.165) is 24.0 Å². The van der Waals surface area contributed by atoms with E-state index in [9.17, 15) is 18.0 Å². The van der Waals surface area contributed by atoms with Gasteiger partial charge in [0.2, 0.25) is 0 Å². The molecule has 0 bridgehead atoms. The average Bonchev–Trinajstić information content (AvgIpc) is 2.89. The van der Waals surface area contributed by atoms with Crippen molar-refractivity contribution in [3.8, 4) is 0 Å². The van der Waals surface area contributed by atoms with Crippen LogP contribution in [0, 0.1) is 0 Å². The smallest absolute Gasteiger partial charge is 0.359 e. The number of ketones is 1. The summed E-state index contributed by atoms with van der Waals surface area (Å²) in [4.78, 5) is 18.1. The number of carbonyl (C=O) groups is 1. The molecule has 0 aromatic carbocycles. The van der Waals surface area contributed by atoms with Crippen molar-refractivity contribution in [2.45, 2.75) is 11.2 Å². The fourth-order valence-corrected chi connectivity index (χ4v) is 2.08. The molecule has 0 atom stereocenters. The highest BCUT2D eigenvalue weighted by Gasteiger charge is 2.30. The topological polar surface area (TPSA) is 45.8 Å². The first-order valence-electron chi connectivity index (χ1n) is 5.29. The minimum absolute atomic E-state index is 0.124. The van der Waals surface area contributed by atoms with E-state index in [1.54, 1.807) is 18.3 Å². The van der Waals surface area contributed by atoms with Crippen LogP contribution in [0.15, 0.2) is 41.7 Å². The number of nitrogens with one attached hydrogen (secondary N) is 1. The van der Waals surface area contributed by atoms with Crippen molar-refractivity contribution in [2.24, 2.45) is 0 Å². The number of aromatic nitrogens is 2. The number of nitrogens with zero attached hydrogens (tertiary/aromatic N) is 1. The summed E-state index contributed by atoms with van der Waals surface area (Å²) < 4.78 is 36.9. The summed E-state index contributed by atoms with van der Waals surface area (Å²) >= 11 is 1.10. The van der Waals surface area contributed by atoms with Crippen molar-refractivity contribution in [1.29, 1.82) is 0 Å². The number of halogens is 3. The molecule has 7 heteroatoms. The van der Waals surface area contributed by atoms with E-state index >= 15 is 0 Å². The normalized spacial score (nSPS) is 11.5. The maximum atomic E-state index is 12.3. The monoisotopic (exact) mass is 286 g/mol. The second-order valence-corrected chi connectivity index (χ2v) is 4.67. The fraction of sp³-hybridized carbons (Fsp3) is 0.167. The van der Waals surface area contributed by atoms with Crippen molar-refractivity contribution in [3.63, 3.8) is 0 Å². The first-order chi connectivity index (χ1) is 8.97. The first-order valence-corrected chi connectivity index (χ1v) is 6.28. The number of alkyl halides is 3. The Hall–Kier alpha value is -1.76. The van der Waals surface area contributed by atoms with Crippen molar-refractivity contribution >= 4 is 17.5 Å². The Kier molecular flexibility index (Phi) is 3.94. The molecule has 0 aliphatic carbocycles. The standard InChI is InChI=1S/C12H9F3N2OS/c13-12(14,15)8-3-4-11(17-6-8)19-7-10(18)9-2-1-5-16-9/h1-6,16H,7H2. The summed E-state index contributed by atoms with van der Waals surface area (Å²) in [6.07, 6.45) is -1.99. The number of hydrogen-bond acceptors (Lipinski definition) is 3. The van der Waals surface area contributed by atoms with Crippen molar-refractivity contribution in [3.05, 3.63) is 47.9 Å². The molecule has 100 valence electrons. The number of Topliss-reactive ketones (excluding diaryl/α,β-unsaturated/α-hetero) is 1. The van der Waals surface area contributed by atoms with Gasteiger partial charge in [-0.1, -0.05) is 11.8 Å². The van der Waals surface area contributed by atoms with Crippen LogP contribution in [0.25, 0.3) is 0 Å². The Morgan fingerprint density at radius 2 is 2.11 bits per heavy atom. The second kappa shape index (κ2) is 5.48. The van der Waals surface area contributed by atoms with Crippen LogP contribution in [0.1, 0.15) is 16.1 Å². The predicted molar refractivity (Wildman–Crippen MR) is 65.1 cm³/mol. The lowest BCUT2D eigenvalue weighted by atomic mass is 10.3. The SMILES string of the molecule is O=C(CSc1ccc(C(F)(F)F)cn1)c1ccc[nH]1. The quantitative estimate of drug-likeness (QED) is 0.692. The van der Waals surface area contributed by atoms with Crippen LogP contribution in [0.2, 0.25) is 0 Å². The highest BCUT2D eigenvalue weighted by Crippen LogP contribution is 2.29. The van der Waals surface area contributed by atoms with Gasteiger partial charge < -0.3 is 4.98 Å². The molecule has 3 nitrogen and oxygen atoms in total. The van der Waals surface area contributed by atoms with Crippen LogP contribution in [0.3, 0.4) is 0 Å². The van der Waals surface area contributed by atoms with Gasteiger partial charge in [-0.25, -0.2) is 4.98 Å². The zero-order valence-corrected chi connectivity index (χ0v) is 10.4. The van der Waals surface area contributed by atoms with Crippen LogP contribution in [0.4, 0.5) is 13.2 Å². The number of thioether (sulfide) groups is 1. The molecule has 0 aliphatic rings. The Labute approximate surface area is 111 Å². The summed E-state index contributed by atoms with van der Waals surface area (Å²) in [5, 5.41) is 0.382. The third-order valence-corrected chi connectivity index (χ3v) is 3.26. The molecule has 2 aromatic rings. The van der Waals surface area contributed by atoms with Gasteiger partial charge in [0.25, 0.3) is 0 Å². The first kappa shape index (κ1) is 13.7. The van der Waals surface area contributed by atoms with Gasteiger partial charge >= 0.3 is 6.18 Å². The summed E-state index contributed by atoms with van der Waals surface area (Å²) in [7, 11) is 0. The van der Waals surface area contributed by atoms with Crippen LogP contribution in [-0.2, 0) is 6.18 Å². The number of rotatable bonds is 4. The van der Waals surface area contributed by atoms with Crippen molar-refractivity contribution in [2.75, 3.05) is 5.75 Å². The van der Waals surface area contributed by atoms with Gasteiger partial charge in [0, 0.05) is 12.4 Å². The molecule has 0 saturated heterocycles. The average molecular weight is 286 g/mol. The molecule has 2 rings (SSSR count). The summed E-state index contributed by atoms with van der Waals surface area (Å²) in [5.41, 5.74) is -0.327. The minimum Gasteiger partial charge on any atom is -0.359 e. The van der Waals surface area contributed by atoms with Gasteiger partial charge in [-0.15, -0.1) is 0 Å². The van der Waals surface area contributed by atoms with E-state index in [2.05, 4.69) is 9.97 Å². The van der Waals surface area contributed by atoms with E-state index in [1.165, 1.54) is 6.07 Å². The number of carbonyl (C=O) groups excluding carboxylic acids is 1. The Bertz CT molecular complexity index is 549. The van der Waals surface area contributed by atoms with Crippen LogP contribution >= 0.6 is 11.8 Å². The molecule has 2 heterocycles. The number of H-pyrrole nitrogens is 1. The third-order valence-electron chi connectivity index (χ3n) is 2.31. The summed E-state index contributed by atoms with van der Waals surface area (Å²) in [6, 6.07) is 5.56. The zero-order chi connectivity index (χ0) is 13.9. The van der Waals surface area contributed by atoms with E-state index < -0.39 is 11.7 Å². The largest absolute Gasteiger partial charge is 0.417 e. The number of pyridine rings is 1. The maximum Gasteiger partial charge on any atom is 0.417 e. The van der Waals surface area contributed by atoms with Gasteiger partial charge in [-0.3, -0.25) is 4.79 Å². The fourth-order valence-electron chi connectivity index (χ4n) is 1.35. The molecule has 19 heavy (non-hydrogen) atoms. The third kappa shape index (κ3) is 3.60. The molecule has 0 unspecified atom stereocenters. The maximum absolute atomic E-state index is 12.3. The Morgan fingerprint density at radius 1 is 1.32 bits per heavy atom. The zero-order valence-electron chi connectivity index (χ0n) is 9.57. The lowest BCUT2D eigenvalue weighted by Crippen LogP contribution is -2.06. The lowest BCUT2D eigenvalue weighted by Gasteiger charge is -2.06. The highest BCUT2D eigenvalue weighted by atomic mass is 32.2. The molecular weight excluding hydrogens is 277 g/mol. The molecule has 0 fully saturated rings. The van der Waals surface area contributed by atoms with Crippen molar-refractivity contribution < 1.29 is 18.0 Å². The molecule has 0 radical (unpaired) electrons. The van der Waals surface area contributed by atoms with E-state index in [1.807, 2.05) is 0 Å². The van der Waals surface area contributed by atoms with E-state index in [0.29, 0.717) is 10.7 Å². The predicted octanol–water partition coefficient (Wildman–Crippen LogP) is 3.40. The molecular formula is C12H9F3N2OS. The van der Waals surface area contributed by atoms with Gasteiger partial charge in [-0.2, -0.15) is 13.2 Å². The minimum atomic E-state index is -4.39. The molecule has 2 aromatic heterocycles. The Balaban J connectivity index is 1.95. The summed E-state index contributed by atoms with van der Waals surface area (Å²) in [5.74, 6) is -0.00417. The molecule has 0 saturated carbocycles. The molecule has 1 N–H and O–H groups in total. The van der Waals surface area contributed by atoms with Crippen LogP contribution < -0.4 is 0 Å². The highest BCUT2D eigenvalue weighted by molar-refractivity contribution is 7.99. The lowest BCUT2D eigenvalue weighted by molar-refractivity contribution is -0.137.